The molecule has 0 atom stereocenters. The summed E-state index contributed by atoms with van der Waals surface area (Å²) >= 11 is 0. The highest BCUT2D eigenvalue weighted by Crippen LogP contribution is 2.09. The first-order valence-electron chi connectivity index (χ1n) is 7.12. The summed E-state index contributed by atoms with van der Waals surface area (Å²) in [6.45, 7) is 3.73. The molecule has 3 nitrogen and oxygen atoms in total. The predicted molar refractivity (Wildman–Crippen MR) is 73.6 cm³/mol. The Labute approximate surface area is 118 Å². The van der Waals surface area contributed by atoms with Crippen LogP contribution in [0, 0.1) is 11.6 Å². The standard InChI is InChI=1S/C15H20F2N2O/c16-13-9-12(10-14(17)11-13)15(20)18-5-4-8-19-6-2-1-3-7-19/h9-11H,1-8H2,(H,18,20). The van der Waals surface area contributed by atoms with E-state index in [1.807, 2.05) is 0 Å². The molecule has 1 fully saturated rings. The van der Waals surface area contributed by atoms with Gasteiger partial charge in [-0.2, -0.15) is 0 Å². The van der Waals surface area contributed by atoms with Crippen LogP contribution in [0.1, 0.15) is 36.0 Å². The number of carbonyl (C=O) groups excluding carboxylic acids is 1. The van der Waals surface area contributed by atoms with Gasteiger partial charge in [-0.25, -0.2) is 8.78 Å². The van der Waals surface area contributed by atoms with E-state index < -0.39 is 17.5 Å². The van der Waals surface area contributed by atoms with Crippen molar-refractivity contribution in [1.82, 2.24) is 10.2 Å². The van der Waals surface area contributed by atoms with Crippen molar-refractivity contribution in [3.63, 3.8) is 0 Å². The Morgan fingerprint density at radius 1 is 1.10 bits per heavy atom. The van der Waals surface area contributed by atoms with Crippen LogP contribution in [0.2, 0.25) is 0 Å². The lowest BCUT2D eigenvalue weighted by Gasteiger charge is -2.26. The van der Waals surface area contributed by atoms with Gasteiger partial charge in [0.2, 0.25) is 0 Å². The van der Waals surface area contributed by atoms with Crippen molar-refractivity contribution < 1.29 is 13.6 Å². The molecule has 2 rings (SSSR count). The van der Waals surface area contributed by atoms with Crippen LogP contribution in [-0.2, 0) is 0 Å². The highest BCUT2D eigenvalue weighted by atomic mass is 19.1. The number of benzene rings is 1. The Kier molecular flexibility index (Phi) is 5.47. The third-order valence-electron chi connectivity index (χ3n) is 3.51. The van der Waals surface area contributed by atoms with Gasteiger partial charge in [0.05, 0.1) is 0 Å². The smallest absolute Gasteiger partial charge is 0.251 e. The van der Waals surface area contributed by atoms with Gasteiger partial charge >= 0.3 is 0 Å². The number of likely N-dealkylation sites (tertiary alicyclic amines) is 1. The first kappa shape index (κ1) is 14.9. The second-order valence-electron chi connectivity index (χ2n) is 5.17. The van der Waals surface area contributed by atoms with E-state index in [0.29, 0.717) is 6.54 Å². The molecule has 0 unspecified atom stereocenters. The van der Waals surface area contributed by atoms with Crippen molar-refractivity contribution in [2.45, 2.75) is 25.7 Å². The number of hydrogen-bond acceptors (Lipinski definition) is 2. The number of piperidine rings is 1. The van der Waals surface area contributed by atoms with E-state index in [9.17, 15) is 13.6 Å². The van der Waals surface area contributed by atoms with E-state index in [1.165, 1.54) is 19.3 Å². The van der Waals surface area contributed by atoms with Crippen LogP contribution in [0.4, 0.5) is 8.78 Å². The molecule has 1 heterocycles. The van der Waals surface area contributed by atoms with E-state index in [2.05, 4.69) is 10.2 Å². The van der Waals surface area contributed by atoms with Crippen molar-refractivity contribution in [3.8, 4) is 0 Å². The minimum Gasteiger partial charge on any atom is -0.352 e. The highest BCUT2D eigenvalue weighted by molar-refractivity contribution is 5.94. The van der Waals surface area contributed by atoms with Gasteiger partial charge in [0.25, 0.3) is 5.91 Å². The van der Waals surface area contributed by atoms with Crippen molar-refractivity contribution >= 4 is 5.91 Å². The first-order valence-corrected chi connectivity index (χ1v) is 7.12. The molecule has 20 heavy (non-hydrogen) atoms. The monoisotopic (exact) mass is 282 g/mol. The summed E-state index contributed by atoms with van der Waals surface area (Å²) in [4.78, 5) is 14.1. The van der Waals surface area contributed by atoms with E-state index in [4.69, 9.17) is 0 Å². The summed E-state index contributed by atoms with van der Waals surface area (Å²) in [5.74, 6) is -1.89. The Morgan fingerprint density at radius 3 is 2.40 bits per heavy atom. The maximum atomic E-state index is 13.0. The van der Waals surface area contributed by atoms with E-state index in [0.717, 1.165) is 44.3 Å². The molecule has 1 amide bonds. The lowest BCUT2D eigenvalue weighted by molar-refractivity contribution is 0.0950. The fraction of sp³-hybridized carbons (Fsp3) is 0.533. The molecule has 1 aromatic rings. The minimum absolute atomic E-state index is 0.0282. The zero-order valence-electron chi connectivity index (χ0n) is 11.5. The van der Waals surface area contributed by atoms with Crippen LogP contribution < -0.4 is 5.32 Å². The first-order chi connectivity index (χ1) is 9.65. The predicted octanol–water partition coefficient (Wildman–Crippen LogP) is 2.57. The molecule has 0 radical (unpaired) electrons. The van der Waals surface area contributed by atoms with Crippen LogP contribution in [0.3, 0.4) is 0 Å². The quantitative estimate of drug-likeness (QED) is 0.842. The molecule has 5 heteroatoms. The molecule has 1 aliphatic rings. The lowest BCUT2D eigenvalue weighted by atomic mass is 10.1. The fourth-order valence-corrected chi connectivity index (χ4v) is 2.47. The second-order valence-corrected chi connectivity index (χ2v) is 5.17. The molecule has 0 bridgehead atoms. The Hall–Kier alpha value is -1.49. The Balaban J connectivity index is 1.71. The number of rotatable bonds is 5. The normalized spacial score (nSPS) is 16.1. The second kappa shape index (κ2) is 7.33. The Bertz CT molecular complexity index is 439. The van der Waals surface area contributed by atoms with Crippen LogP contribution >= 0.6 is 0 Å². The summed E-state index contributed by atoms with van der Waals surface area (Å²) < 4.78 is 26.0. The van der Waals surface area contributed by atoms with Gasteiger partial charge in [-0.1, -0.05) is 6.42 Å². The topological polar surface area (TPSA) is 32.3 Å². The van der Waals surface area contributed by atoms with Crippen molar-refractivity contribution in [1.29, 1.82) is 0 Å². The number of carbonyl (C=O) groups is 1. The van der Waals surface area contributed by atoms with Gasteiger partial charge in [-0.05, 0) is 51.0 Å². The van der Waals surface area contributed by atoms with Crippen LogP contribution in [0.5, 0.6) is 0 Å². The molecule has 0 saturated carbocycles. The number of nitrogens with one attached hydrogen (secondary N) is 1. The zero-order chi connectivity index (χ0) is 14.4. The summed E-state index contributed by atoms with van der Waals surface area (Å²) in [5, 5.41) is 2.69. The number of halogens is 2. The third kappa shape index (κ3) is 4.56. The SMILES string of the molecule is O=C(NCCCN1CCCCC1)c1cc(F)cc(F)c1. The van der Waals surface area contributed by atoms with Gasteiger partial charge in [0.15, 0.2) is 0 Å². The summed E-state index contributed by atoms with van der Waals surface area (Å²) in [6, 6.07) is 2.85. The van der Waals surface area contributed by atoms with Crippen LogP contribution in [0.25, 0.3) is 0 Å². The molecule has 0 spiro atoms. The van der Waals surface area contributed by atoms with Gasteiger partial charge < -0.3 is 10.2 Å². The molecule has 1 aromatic carbocycles. The summed E-state index contributed by atoms with van der Waals surface area (Å²) in [7, 11) is 0. The van der Waals surface area contributed by atoms with Crippen LogP contribution in [-0.4, -0.2) is 37.0 Å². The fourth-order valence-electron chi connectivity index (χ4n) is 2.47. The molecular weight excluding hydrogens is 262 g/mol. The van der Waals surface area contributed by atoms with Gasteiger partial charge in [-0.3, -0.25) is 4.79 Å². The van der Waals surface area contributed by atoms with E-state index >= 15 is 0 Å². The van der Waals surface area contributed by atoms with Gasteiger partial charge in [0, 0.05) is 18.2 Å². The van der Waals surface area contributed by atoms with Gasteiger partial charge in [0.1, 0.15) is 11.6 Å². The highest BCUT2D eigenvalue weighted by Gasteiger charge is 2.11. The molecule has 1 saturated heterocycles. The lowest BCUT2D eigenvalue weighted by Crippen LogP contribution is -2.33. The molecule has 1 N–H and O–H groups in total. The zero-order valence-corrected chi connectivity index (χ0v) is 11.5. The maximum Gasteiger partial charge on any atom is 0.251 e. The Morgan fingerprint density at radius 2 is 1.75 bits per heavy atom. The van der Waals surface area contributed by atoms with E-state index in [-0.39, 0.29) is 5.56 Å². The maximum absolute atomic E-state index is 13.0. The van der Waals surface area contributed by atoms with Crippen molar-refractivity contribution in [3.05, 3.63) is 35.4 Å². The number of hydrogen-bond donors (Lipinski definition) is 1. The summed E-state index contributed by atoms with van der Waals surface area (Å²) in [6.07, 6.45) is 4.64. The molecule has 110 valence electrons. The van der Waals surface area contributed by atoms with Crippen molar-refractivity contribution in [2.75, 3.05) is 26.2 Å². The average molecular weight is 282 g/mol. The third-order valence-corrected chi connectivity index (χ3v) is 3.51. The largest absolute Gasteiger partial charge is 0.352 e. The number of amides is 1. The molecule has 1 aliphatic heterocycles. The molecule has 0 aliphatic carbocycles. The molecular formula is C15H20F2N2O. The van der Waals surface area contributed by atoms with Gasteiger partial charge in [-0.15, -0.1) is 0 Å². The summed E-state index contributed by atoms with van der Waals surface area (Å²) in [5.41, 5.74) is 0.0282. The van der Waals surface area contributed by atoms with Crippen molar-refractivity contribution in [2.24, 2.45) is 0 Å². The molecule has 0 aromatic heterocycles. The average Bonchev–Trinajstić information content (AvgIpc) is 2.43. The van der Waals surface area contributed by atoms with Crippen LogP contribution in [0.15, 0.2) is 18.2 Å². The minimum atomic E-state index is -0.733. The van der Waals surface area contributed by atoms with E-state index in [1.54, 1.807) is 0 Å². The number of nitrogens with zero attached hydrogens (tertiary/aromatic N) is 1.